The summed E-state index contributed by atoms with van der Waals surface area (Å²) < 4.78 is 78.8. The van der Waals surface area contributed by atoms with Gasteiger partial charge in [0.2, 0.25) is 6.23 Å². The first kappa shape index (κ1) is 37.5. The standard InChI is InChI=1S/C29H37N2O15P3/c1-18(2)44-48(35,36)46-49(37,38)45-47(33,34)39-17-25-20(4)40-26(14-21-10-6-5-7-11-21)43-29(42-25)31-16-23-15-24(41-27(23)30-28(31)32)22-12-8-9-19(3)13-22/h5-13,15-16,18,20,25-27,29H,14,17H2,1-4H3,(H,30,32)(H,33,34)(H,35,36)(H,37,38)/t20-,25-,26?,27?,29-/m1/s1. The Balaban J connectivity index is 1.35. The van der Waals surface area contributed by atoms with Gasteiger partial charge in [-0.3, -0.25) is 19.3 Å². The van der Waals surface area contributed by atoms with Gasteiger partial charge in [-0.25, -0.2) is 18.5 Å². The summed E-state index contributed by atoms with van der Waals surface area (Å²) in [5, 5.41) is 2.74. The fraction of sp³-hybridized carbons (Fsp3) is 0.414. The van der Waals surface area contributed by atoms with Crippen molar-refractivity contribution in [2.24, 2.45) is 0 Å². The van der Waals surface area contributed by atoms with Crippen LogP contribution < -0.4 is 5.32 Å². The number of amides is 2. The van der Waals surface area contributed by atoms with Crippen LogP contribution in [0.25, 0.3) is 5.76 Å². The van der Waals surface area contributed by atoms with E-state index in [1.54, 1.807) is 13.0 Å². The molecule has 268 valence electrons. The van der Waals surface area contributed by atoms with Crippen LogP contribution in [0.3, 0.4) is 0 Å². The quantitative estimate of drug-likeness (QED) is 0.197. The van der Waals surface area contributed by atoms with Crippen LogP contribution in [-0.4, -0.2) is 69.5 Å². The van der Waals surface area contributed by atoms with Crippen LogP contribution in [-0.2, 0) is 56.7 Å². The molecule has 5 unspecified atom stereocenters. The highest BCUT2D eigenvalue weighted by Gasteiger charge is 2.45. The number of phosphoric ester groups is 2. The molecule has 49 heavy (non-hydrogen) atoms. The molecule has 3 aliphatic rings. The fourth-order valence-corrected chi connectivity index (χ4v) is 8.61. The van der Waals surface area contributed by atoms with Gasteiger partial charge < -0.3 is 33.6 Å². The first-order valence-corrected chi connectivity index (χ1v) is 19.5. The van der Waals surface area contributed by atoms with Crippen LogP contribution in [0.2, 0.25) is 0 Å². The van der Waals surface area contributed by atoms with Crippen molar-refractivity contribution < 1.29 is 69.8 Å². The minimum absolute atomic E-state index is 0.222. The molecular weight excluding hydrogens is 709 g/mol. The normalized spacial score (nSPS) is 27.8. The van der Waals surface area contributed by atoms with Crippen molar-refractivity contribution in [2.75, 3.05) is 6.61 Å². The number of ether oxygens (including phenoxy) is 4. The van der Waals surface area contributed by atoms with Crippen molar-refractivity contribution in [3.63, 3.8) is 0 Å². The highest BCUT2D eigenvalue weighted by atomic mass is 31.3. The summed E-state index contributed by atoms with van der Waals surface area (Å²) >= 11 is 0. The minimum atomic E-state index is -5.68. The predicted octanol–water partition coefficient (Wildman–Crippen LogP) is 5.05. The lowest BCUT2D eigenvalue weighted by molar-refractivity contribution is -0.252. The molecule has 2 amide bonds. The van der Waals surface area contributed by atoms with Gasteiger partial charge in [0.05, 0.1) is 18.8 Å². The SMILES string of the molecule is Cc1cccc(C2=CC3=CN([C@H]4OC(Cc5ccccc5)O[C@H](C)[C@@H](COP(=O)(O)OP(=O)(O)OP(=O)(O)OC(C)C)O4)C(=O)NC3O2)c1. The maximum atomic E-state index is 13.4. The Morgan fingerprint density at radius 1 is 0.939 bits per heavy atom. The lowest BCUT2D eigenvalue weighted by Gasteiger charge is -2.34. The molecule has 0 aromatic heterocycles. The summed E-state index contributed by atoms with van der Waals surface area (Å²) in [7, 11) is -16.3. The molecule has 0 aliphatic carbocycles. The van der Waals surface area contributed by atoms with E-state index in [2.05, 4.69) is 18.5 Å². The van der Waals surface area contributed by atoms with E-state index in [1.807, 2.05) is 61.5 Å². The van der Waals surface area contributed by atoms with E-state index in [9.17, 15) is 33.2 Å². The summed E-state index contributed by atoms with van der Waals surface area (Å²) in [6, 6.07) is 16.2. The number of nitrogens with one attached hydrogen (secondary N) is 1. The summed E-state index contributed by atoms with van der Waals surface area (Å²) in [6.45, 7) is 5.38. The number of nitrogens with zero attached hydrogens (tertiary/aromatic N) is 1. The van der Waals surface area contributed by atoms with Crippen molar-refractivity contribution >= 4 is 35.3 Å². The van der Waals surface area contributed by atoms with Gasteiger partial charge in [-0.15, -0.1) is 0 Å². The molecule has 5 rings (SSSR count). The number of benzene rings is 2. The summed E-state index contributed by atoms with van der Waals surface area (Å²) in [4.78, 5) is 44.2. The highest BCUT2D eigenvalue weighted by Crippen LogP contribution is 2.68. The van der Waals surface area contributed by atoms with E-state index in [0.29, 0.717) is 11.3 Å². The van der Waals surface area contributed by atoms with Crippen molar-refractivity contribution in [3.05, 3.63) is 89.1 Å². The second-order valence-electron chi connectivity index (χ2n) is 11.5. The molecule has 0 radical (unpaired) electrons. The van der Waals surface area contributed by atoms with Crippen LogP contribution in [0.1, 0.15) is 37.5 Å². The van der Waals surface area contributed by atoms with Crippen LogP contribution in [0.15, 0.2) is 72.4 Å². The predicted molar refractivity (Wildman–Crippen MR) is 171 cm³/mol. The number of aryl methyl sites for hydroxylation is 1. The Hall–Kier alpha value is -2.72. The third-order valence-corrected chi connectivity index (χ3v) is 11.5. The highest BCUT2D eigenvalue weighted by molar-refractivity contribution is 7.66. The van der Waals surface area contributed by atoms with E-state index < -0.39 is 73.3 Å². The molecule has 8 atom stereocenters. The van der Waals surface area contributed by atoms with Crippen molar-refractivity contribution in [2.45, 2.75) is 71.4 Å². The third kappa shape index (κ3) is 10.4. The number of fused-ring (bicyclic) bond motifs is 1. The zero-order valence-corrected chi connectivity index (χ0v) is 29.4. The molecule has 4 N–H and O–H groups in total. The number of rotatable bonds is 13. The zero-order valence-electron chi connectivity index (χ0n) is 26.8. The van der Waals surface area contributed by atoms with Crippen molar-refractivity contribution in [3.8, 4) is 0 Å². The number of phosphoric acid groups is 3. The molecule has 3 heterocycles. The Morgan fingerprint density at radius 3 is 2.35 bits per heavy atom. The summed E-state index contributed by atoms with van der Waals surface area (Å²) in [5.41, 5.74) is 3.23. The smallest absolute Gasteiger partial charge is 0.466 e. The van der Waals surface area contributed by atoms with Gasteiger partial charge in [0.25, 0.3) is 6.41 Å². The van der Waals surface area contributed by atoms with E-state index in [-0.39, 0.29) is 6.42 Å². The van der Waals surface area contributed by atoms with Gasteiger partial charge in [-0.1, -0.05) is 54.1 Å². The first-order valence-electron chi connectivity index (χ1n) is 15.0. The molecule has 2 aromatic carbocycles. The van der Waals surface area contributed by atoms with Crippen LogP contribution >= 0.6 is 23.5 Å². The Kier molecular flexibility index (Phi) is 11.7. The third-order valence-electron chi connectivity index (χ3n) is 7.01. The van der Waals surface area contributed by atoms with Crippen LogP contribution in [0.4, 0.5) is 4.79 Å². The van der Waals surface area contributed by atoms with E-state index in [4.69, 9.17) is 23.5 Å². The lowest BCUT2D eigenvalue weighted by Crippen LogP contribution is -2.53. The Morgan fingerprint density at radius 2 is 1.65 bits per heavy atom. The minimum Gasteiger partial charge on any atom is -0.466 e. The van der Waals surface area contributed by atoms with Gasteiger partial charge in [-0.2, -0.15) is 8.62 Å². The number of carbonyl (C=O) groups is 1. The van der Waals surface area contributed by atoms with Gasteiger partial charge in [0, 0.05) is 23.8 Å². The van der Waals surface area contributed by atoms with E-state index in [1.165, 1.54) is 20.0 Å². The number of carbonyl (C=O) groups excluding carboxylic acids is 1. The van der Waals surface area contributed by atoms with E-state index in [0.717, 1.165) is 21.6 Å². The largest absolute Gasteiger partial charge is 0.490 e. The molecule has 0 spiro atoms. The second-order valence-corrected chi connectivity index (χ2v) is 16.0. The van der Waals surface area contributed by atoms with Crippen LogP contribution in [0, 0.1) is 6.92 Å². The van der Waals surface area contributed by atoms with Crippen molar-refractivity contribution in [1.29, 1.82) is 0 Å². The lowest BCUT2D eigenvalue weighted by atomic mass is 10.1. The molecule has 20 heteroatoms. The molecule has 3 aliphatic heterocycles. The van der Waals surface area contributed by atoms with Gasteiger partial charge in [0.15, 0.2) is 6.29 Å². The fourth-order valence-electron chi connectivity index (χ4n) is 4.93. The number of hydrogen-bond acceptors (Lipinski definition) is 12. The second kappa shape index (κ2) is 15.3. The number of hydrogen-bond donors (Lipinski definition) is 4. The first-order chi connectivity index (χ1) is 23.0. The summed E-state index contributed by atoms with van der Waals surface area (Å²) in [5.74, 6) is 0.534. The molecule has 0 bridgehead atoms. The summed E-state index contributed by atoms with van der Waals surface area (Å²) in [6.07, 6.45) is -2.85. The topological polar surface area (TPSA) is 218 Å². The van der Waals surface area contributed by atoms with Crippen LogP contribution in [0.5, 0.6) is 0 Å². The maximum Gasteiger partial charge on any atom is 0.490 e. The van der Waals surface area contributed by atoms with Crippen molar-refractivity contribution in [1.82, 2.24) is 10.2 Å². The molecule has 0 saturated carbocycles. The average Bonchev–Trinajstić information content (AvgIpc) is 3.32. The number of urea groups is 1. The van der Waals surface area contributed by atoms with Gasteiger partial charge in [-0.05, 0) is 45.4 Å². The van der Waals surface area contributed by atoms with E-state index >= 15 is 0 Å². The molecule has 2 aromatic rings. The Labute approximate surface area is 282 Å². The molecule has 17 nitrogen and oxygen atoms in total. The zero-order chi connectivity index (χ0) is 35.6. The van der Waals surface area contributed by atoms with Gasteiger partial charge in [0.1, 0.15) is 11.9 Å². The molecule has 1 saturated heterocycles. The molecule has 1 fully saturated rings. The average molecular weight is 747 g/mol. The monoisotopic (exact) mass is 746 g/mol. The Bertz CT molecular complexity index is 1720. The van der Waals surface area contributed by atoms with Gasteiger partial charge >= 0.3 is 29.5 Å². The maximum absolute atomic E-state index is 13.4. The molecular formula is C29H37N2O15P3.